The molecule has 0 radical (unpaired) electrons. The summed E-state index contributed by atoms with van der Waals surface area (Å²) in [6, 6.07) is 0.450. The van der Waals surface area contributed by atoms with Gasteiger partial charge in [-0.1, -0.05) is 0 Å². The van der Waals surface area contributed by atoms with E-state index in [2.05, 4.69) is 17.1 Å². The third-order valence-electron chi connectivity index (χ3n) is 3.57. The molecule has 98 valence electrons. The highest BCUT2D eigenvalue weighted by Gasteiger charge is 2.25. The first kappa shape index (κ1) is 12.8. The van der Waals surface area contributed by atoms with Crippen LogP contribution in [0.5, 0.6) is 0 Å². The Balaban J connectivity index is 1.83. The third kappa shape index (κ3) is 3.40. The predicted octanol–water partition coefficient (Wildman–Crippen LogP) is -0.473. The number of piperazine rings is 1. The molecule has 0 aromatic carbocycles. The van der Waals surface area contributed by atoms with Gasteiger partial charge in [0.1, 0.15) is 0 Å². The lowest BCUT2D eigenvalue weighted by atomic mass is 10.2. The lowest BCUT2D eigenvalue weighted by Gasteiger charge is -2.36. The molecule has 0 spiro atoms. The molecule has 1 N–H and O–H groups in total. The van der Waals surface area contributed by atoms with Crippen LogP contribution in [0.15, 0.2) is 0 Å². The molecule has 0 bridgehead atoms. The molecule has 2 atom stereocenters. The van der Waals surface area contributed by atoms with Crippen molar-refractivity contribution in [3.63, 3.8) is 0 Å². The summed E-state index contributed by atoms with van der Waals surface area (Å²) in [6.07, 6.45) is 0.174. The highest BCUT2D eigenvalue weighted by molar-refractivity contribution is 5.78. The number of morpholine rings is 1. The van der Waals surface area contributed by atoms with Gasteiger partial charge in [-0.15, -0.1) is 0 Å². The normalized spacial score (nSPS) is 31.5. The first-order valence-corrected chi connectivity index (χ1v) is 6.51. The number of hydrogen-bond acceptors (Lipinski definition) is 4. The molecule has 2 fully saturated rings. The Morgan fingerprint density at radius 3 is 2.94 bits per heavy atom. The van der Waals surface area contributed by atoms with Crippen LogP contribution in [0.4, 0.5) is 0 Å². The van der Waals surface area contributed by atoms with Crippen molar-refractivity contribution in [2.24, 2.45) is 0 Å². The zero-order valence-electron chi connectivity index (χ0n) is 10.8. The van der Waals surface area contributed by atoms with E-state index >= 15 is 0 Å². The van der Waals surface area contributed by atoms with Crippen molar-refractivity contribution in [2.75, 3.05) is 45.9 Å². The second-order valence-corrected chi connectivity index (χ2v) is 5.04. The van der Waals surface area contributed by atoms with Gasteiger partial charge in [0.2, 0.25) is 5.91 Å². The molecule has 2 aliphatic rings. The Kier molecular flexibility index (Phi) is 4.36. The van der Waals surface area contributed by atoms with Gasteiger partial charge in [0.15, 0.2) is 0 Å². The molecule has 0 saturated carbocycles. The number of amides is 1. The lowest BCUT2D eigenvalue weighted by molar-refractivity contribution is -0.140. The van der Waals surface area contributed by atoms with Crippen molar-refractivity contribution in [2.45, 2.75) is 26.0 Å². The number of nitrogens with one attached hydrogen (secondary N) is 1. The van der Waals surface area contributed by atoms with E-state index in [1.807, 2.05) is 11.8 Å². The maximum atomic E-state index is 12.2. The van der Waals surface area contributed by atoms with Crippen molar-refractivity contribution in [3.05, 3.63) is 0 Å². The van der Waals surface area contributed by atoms with Crippen LogP contribution in [0, 0.1) is 0 Å². The van der Waals surface area contributed by atoms with Gasteiger partial charge in [0.25, 0.3) is 0 Å². The monoisotopic (exact) mass is 241 g/mol. The Bertz CT molecular complexity index is 272. The standard InChI is InChI=1S/C12H23N3O2/c1-10-7-13-3-4-14(10)9-12(16)15-5-6-17-11(2)8-15/h10-11,13H,3-9H2,1-2H3. The topological polar surface area (TPSA) is 44.8 Å². The van der Waals surface area contributed by atoms with Crippen LogP contribution < -0.4 is 5.32 Å². The molecule has 5 nitrogen and oxygen atoms in total. The van der Waals surface area contributed by atoms with E-state index in [-0.39, 0.29) is 12.0 Å². The summed E-state index contributed by atoms with van der Waals surface area (Å²) < 4.78 is 5.45. The largest absolute Gasteiger partial charge is 0.375 e. The number of hydrogen-bond donors (Lipinski definition) is 1. The Morgan fingerprint density at radius 1 is 1.41 bits per heavy atom. The fourth-order valence-electron chi connectivity index (χ4n) is 2.44. The predicted molar refractivity (Wildman–Crippen MR) is 65.9 cm³/mol. The molecule has 2 aliphatic heterocycles. The van der Waals surface area contributed by atoms with Gasteiger partial charge in [-0.2, -0.15) is 0 Å². The van der Waals surface area contributed by atoms with Crippen LogP contribution in [0.2, 0.25) is 0 Å². The molecule has 2 saturated heterocycles. The van der Waals surface area contributed by atoms with Crippen LogP contribution in [0.25, 0.3) is 0 Å². The van der Waals surface area contributed by atoms with E-state index in [4.69, 9.17) is 4.74 Å². The summed E-state index contributed by atoms with van der Waals surface area (Å²) in [5.74, 6) is 0.244. The van der Waals surface area contributed by atoms with Crippen molar-refractivity contribution in [3.8, 4) is 0 Å². The molecule has 0 aromatic heterocycles. The maximum Gasteiger partial charge on any atom is 0.236 e. The van der Waals surface area contributed by atoms with Gasteiger partial charge in [-0.25, -0.2) is 0 Å². The molecule has 2 heterocycles. The summed E-state index contributed by atoms with van der Waals surface area (Å²) >= 11 is 0. The maximum absolute atomic E-state index is 12.2. The van der Waals surface area contributed by atoms with Gasteiger partial charge in [-0.05, 0) is 13.8 Å². The van der Waals surface area contributed by atoms with E-state index in [1.54, 1.807) is 0 Å². The molecule has 0 aromatic rings. The summed E-state index contributed by atoms with van der Waals surface area (Å²) in [6.45, 7) is 9.81. The number of carbonyl (C=O) groups excluding carboxylic acids is 1. The van der Waals surface area contributed by atoms with E-state index in [1.165, 1.54) is 0 Å². The molecule has 2 unspecified atom stereocenters. The first-order chi connectivity index (χ1) is 8.16. The number of ether oxygens (including phenoxy) is 1. The van der Waals surface area contributed by atoms with Gasteiger partial charge < -0.3 is 15.0 Å². The van der Waals surface area contributed by atoms with Crippen LogP contribution in [0.3, 0.4) is 0 Å². The summed E-state index contributed by atoms with van der Waals surface area (Å²) in [5, 5.41) is 3.34. The van der Waals surface area contributed by atoms with Crippen molar-refractivity contribution in [1.82, 2.24) is 15.1 Å². The van der Waals surface area contributed by atoms with Gasteiger partial charge >= 0.3 is 0 Å². The van der Waals surface area contributed by atoms with Crippen molar-refractivity contribution in [1.29, 1.82) is 0 Å². The lowest BCUT2D eigenvalue weighted by Crippen LogP contribution is -2.54. The van der Waals surface area contributed by atoms with Gasteiger partial charge in [0.05, 0.1) is 19.3 Å². The number of carbonyl (C=O) groups is 1. The Morgan fingerprint density at radius 2 is 2.24 bits per heavy atom. The Hall–Kier alpha value is -0.650. The minimum atomic E-state index is 0.174. The molecule has 5 heteroatoms. The van der Waals surface area contributed by atoms with E-state index in [0.717, 1.165) is 32.7 Å². The number of nitrogens with zero attached hydrogens (tertiary/aromatic N) is 2. The average molecular weight is 241 g/mol. The van der Waals surface area contributed by atoms with E-state index in [9.17, 15) is 4.79 Å². The molecule has 0 aliphatic carbocycles. The minimum Gasteiger partial charge on any atom is -0.375 e. The quantitative estimate of drug-likeness (QED) is 0.710. The highest BCUT2D eigenvalue weighted by atomic mass is 16.5. The van der Waals surface area contributed by atoms with Crippen LogP contribution in [0.1, 0.15) is 13.8 Å². The fraction of sp³-hybridized carbons (Fsp3) is 0.917. The van der Waals surface area contributed by atoms with Crippen LogP contribution in [-0.2, 0) is 9.53 Å². The molecule has 1 amide bonds. The molecule has 2 rings (SSSR count). The van der Waals surface area contributed by atoms with E-state index in [0.29, 0.717) is 19.2 Å². The van der Waals surface area contributed by atoms with E-state index < -0.39 is 0 Å². The SMILES string of the molecule is CC1CN(C(=O)CN2CCNCC2C)CCO1. The van der Waals surface area contributed by atoms with Crippen molar-refractivity contribution < 1.29 is 9.53 Å². The molecule has 17 heavy (non-hydrogen) atoms. The summed E-state index contributed by atoms with van der Waals surface area (Å²) in [4.78, 5) is 16.4. The third-order valence-corrected chi connectivity index (χ3v) is 3.57. The van der Waals surface area contributed by atoms with Crippen LogP contribution >= 0.6 is 0 Å². The smallest absolute Gasteiger partial charge is 0.236 e. The van der Waals surface area contributed by atoms with Gasteiger partial charge in [0, 0.05) is 38.8 Å². The summed E-state index contributed by atoms with van der Waals surface area (Å²) in [7, 11) is 0. The molecular weight excluding hydrogens is 218 g/mol. The molecular formula is C12H23N3O2. The second kappa shape index (κ2) is 5.80. The van der Waals surface area contributed by atoms with Crippen LogP contribution in [-0.4, -0.2) is 73.7 Å². The minimum absolute atomic E-state index is 0.174. The first-order valence-electron chi connectivity index (χ1n) is 6.51. The second-order valence-electron chi connectivity index (χ2n) is 5.04. The highest BCUT2D eigenvalue weighted by Crippen LogP contribution is 2.07. The fourth-order valence-corrected chi connectivity index (χ4v) is 2.44. The zero-order valence-corrected chi connectivity index (χ0v) is 10.8. The summed E-state index contributed by atoms with van der Waals surface area (Å²) in [5.41, 5.74) is 0. The van der Waals surface area contributed by atoms with Gasteiger partial charge in [-0.3, -0.25) is 9.69 Å². The van der Waals surface area contributed by atoms with Crippen molar-refractivity contribution >= 4 is 5.91 Å². The average Bonchev–Trinajstić information content (AvgIpc) is 2.32. The number of rotatable bonds is 2. The zero-order chi connectivity index (χ0) is 12.3. The Labute approximate surface area is 103 Å².